The number of hydrogen-bond donors (Lipinski definition) is 0. The van der Waals surface area contributed by atoms with Gasteiger partial charge in [-0.05, 0) is 38.2 Å². The normalized spacial score (nSPS) is 22.5. The maximum Gasteiger partial charge on any atom is 0.231 e. The van der Waals surface area contributed by atoms with E-state index in [9.17, 15) is 9.59 Å². The Morgan fingerprint density at radius 3 is 2.59 bits per heavy atom. The average molecular weight is 396 g/mol. The number of carbonyl (C=O) groups excluding carboxylic acids is 2. The zero-order valence-electron chi connectivity index (χ0n) is 16.9. The quantitative estimate of drug-likeness (QED) is 0.794. The number of hydrogen-bond acceptors (Lipinski definition) is 5. The Bertz CT molecular complexity index is 851. The number of benzene rings is 1. The third kappa shape index (κ3) is 4.66. The van der Waals surface area contributed by atoms with Gasteiger partial charge in [-0.25, -0.2) is 0 Å². The van der Waals surface area contributed by atoms with E-state index in [4.69, 9.17) is 4.52 Å². The largest absolute Gasteiger partial charge is 0.342 e. The second kappa shape index (κ2) is 8.76. The fourth-order valence-electron chi connectivity index (χ4n) is 4.40. The van der Waals surface area contributed by atoms with Gasteiger partial charge in [0.25, 0.3) is 0 Å². The molecule has 2 amide bonds. The molecule has 1 aromatic heterocycles. The van der Waals surface area contributed by atoms with Gasteiger partial charge in [0, 0.05) is 26.2 Å². The Hall–Kier alpha value is -2.70. The van der Waals surface area contributed by atoms with E-state index in [2.05, 4.69) is 10.1 Å². The topological polar surface area (TPSA) is 79.5 Å². The Balaban J connectivity index is 1.36. The summed E-state index contributed by atoms with van der Waals surface area (Å²) in [5.41, 5.74) is 1.01. The highest BCUT2D eigenvalue weighted by molar-refractivity contribution is 5.82. The smallest absolute Gasteiger partial charge is 0.231 e. The van der Waals surface area contributed by atoms with Crippen LogP contribution in [0.1, 0.15) is 48.9 Å². The minimum atomic E-state index is -0.119. The zero-order chi connectivity index (χ0) is 20.2. The molecular formula is C22H28N4O3. The highest BCUT2D eigenvalue weighted by Crippen LogP contribution is 2.28. The van der Waals surface area contributed by atoms with Crippen LogP contribution in [0, 0.1) is 12.8 Å². The first kappa shape index (κ1) is 19.6. The van der Waals surface area contributed by atoms with Crippen molar-refractivity contribution in [3.8, 4) is 0 Å². The molecule has 29 heavy (non-hydrogen) atoms. The Kier molecular flexibility index (Phi) is 5.92. The van der Waals surface area contributed by atoms with E-state index in [0.29, 0.717) is 31.2 Å². The number of aryl methyl sites for hydroxylation is 1. The lowest BCUT2D eigenvalue weighted by molar-refractivity contribution is -0.141. The molecule has 2 atom stereocenters. The molecule has 2 aliphatic heterocycles. The molecule has 0 aliphatic carbocycles. The third-order valence-corrected chi connectivity index (χ3v) is 5.95. The fraction of sp³-hybridized carbons (Fsp3) is 0.545. The van der Waals surface area contributed by atoms with Crippen LogP contribution in [-0.2, 0) is 16.0 Å². The molecule has 7 heteroatoms. The number of amides is 2. The van der Waals surface area contributed by atoms with E-state index in [-0.39, 0.29) is 23.7 Å². The van der Waals surface area contributed by atoms with Crippen LogP contribution in [0.5, 0.6) is 0 Å². The number of likely N-dealkylation sites (tertiary alicyclic amines) is 2. The van der Waals surface area contributed by atoms with E-state index in [1.807, 2.05) is 47.1 Å². The molecule has 2 aromatic rings. The molecule has 154 valence electrons. The predicted octanol–water partition coefficient (Wildman–Crippen LogP) is 2.57. The van der Waals surface area contributed by atoms with Gasteiger partial charge in [0.1, 0.15) is 0 Å². The molecule has 0 spiro atoms. The lowest BCUT2D eigenvalue weighted by Crippen LogP contribution is -2.49. The summed E-state index contributed by atoms with van der Waals surface area (Å²) in [6.45, 7) is 4.44. The van der Waals surface area contributed by atoms with Gasteiger partial charge in [-0.3, -0.25) is 9.59 Å². The van der Waals surface area contributed by atoms with Gasteiger partial charge in [-0.1, -0.05) is 35.5 Å². The standard InChI is InChI=1S/C22H28N4O3/c1-16-23-21(29-24-16)18-9-5-12-26(14-18)22(28)19-10-6-11-25(15-19)20(27)13-17-7-3-2-4-8-17/h2-4,7-8,18-19H,5-6,9-15H2,1H3. The highest BCUT2D eigenvalue weighted by Gasteiger charge is 2.34. The Morgan fingerprint density at radius 2 is 1.83 bits per heavy atom. The van der Waals surface area contributed by atoms with Crippen LogP contribution in [-0.4, -0.2) is 57.9 Å². The van der Waals surface area contributed by atoms with Gasteiger partial charge >= 0.3 is 0 Å². The van der Waals surface area contributed by atoms with Crippen molar-refractivity contribution in [2.75, 3.05) is 26.2 Å². The van der Waals surface area contributed by atoms with Crippen molar-refractivity contribution in [3.05, 3.63) is 47.6 Å². The van der Waals surface area contributed by atoms with Gasteiger partial charge in [0.2, 0.25) is 17.7 Å². The zero-order valence-corrected chi connectivity index (χ0v) is 16.9. The average Bonchev–Trinajstić information content (AvgIpc) is 3.20. The van der Waals surface area contributed by atoms with Gasteiger partial charge in [0.15, 0.2) is 5.82 Å². The molecule has 0 N–H and O–H groups in total. The highest BCUT2D eigenvalue weighted by atomic mass is 16.5. The van der Waals surface area contributed by atoms with E-state index in [1.54, 1.807) is 0 Å². The molecule has 0 saturated carbocycles. The van der Waals surface area contributed by atoms with Crippen molar-refractivity contribution >= 4 is 11.8 Å². The summed E-state index contributed by atoms with van der Waals surface area (Å²) >= 11 is 0. The second-order valence-corrected chi connectivity index (χ2v) is 8.14. The summed E-state index contributed by atoms with van der Waals surface area (Å²) in [7, 11) is 0. The monoisotopic (exact) mass is 396 g/mol. The van der Waals surface area contributed by atoms with E-state index >= 15 is 0 Å². The molecular weight excluding hydrogens is 368 g/mol. The van der Waals surface area contributed by atoms with Gasteiger partial charge < -0.3 is 14.3 Å². The number of piperidine rings is 2. The van der Waals surface area contributed by atoms with Gasteiger partial charge in [-0.15, -0.1) is 0 Å². The second-order valence-electron chi connectivity index (χ2n) is 8.14. The maximum atomic E-state index is 13.2. The molecule has 2 aliphatic rings. The van der Waals surface area contributed by atoms with Crippen LogP contribution in [0.15, 0.2) is 34.9 Å². The summed E-state index contributed by atoms with van der Waals surface area (Å²) in [6.07, 6.45) is 3.99. The number of carbonyl (C=O) groups is 2. The maximum absolute atomic E-state index is 13.2. The van der Waals surface area contributed by atoms with Crippen LogP contribution in [0.2, 0.25) is 0 Å². The molecule has 1 aromatic carbocycles. The van der Waals surface area contributed by atoms with Crippen molar-refractivity contribution in [1.82, 2.24) is 19.9 Å². The van der Waals surface area contributed by atoms with Crippen LogP contribution in [0.3, 0.4) is 0 Å². The summed E-state index contributed by atoms with van der Waals surface area (Å²) in [5, 5.41) is 3.88. The van der Waals surface area contributed by atoms with Gasteiger partial charge in [0.05, 0.1) is 18.3 Å². The van der Waals surface area contributed by atoms with Crippen LogP contribution in [0.25, 0.3) is 0 Å². The molecule has 3 heterocycles. The van der Waals surface area contributed by atoms with E-state index in [0.717, 1.165) is 44.3 Å². The van der Waals surface area contributed by atoms with Crippen molar-refractivity contribution in [3.63, 3.8) is 0 Å². The summed E-state index contributed by atoms with van der Waals surface area (Å²) in [4.78, 5) is 34.1. The minimum Gasteiger partial charge on any atom is -0.342 e. The van der Waals surface area contributed by atoms with Crippen molar-refractivity contribution in [2.45, 2.75) is 44.9 Å². The minimum absolute atomic E-state index is 0.103. The molecule has 0 bridgehead atoms. The summed E-state index contributed by atoms with van der Waals surface area (Å²) in [6, 6.07) is 9.78. The molecule has 2 fully saturated rings. The Labute approximate surface area is 171 Å². The first-order chi connectivity index (χ1) is 14.1. The van der Waals surface area contributed by atoms with E-state index < -0.39 is 0 Å². The summed E-state index contributed by atoms with van der Waals surface area (Å²) in [5.74, 6) is 1.50. The van der Waals surface area contributed by atoms with Crippen LogP contribution in [0.4, 0.5) is 0 Å². The number of aromatic nitrogens is 2. The van der Waals surface area contributed by atoms with Crippen molar-refractivity contribution in [1.29, 1.82) is 0 Å². The van der Waals surface area contributed by atoms with Gasteiger partial charge in [-0.2, -0.15) is 4.98 Å². The molecule has 2 saturated heterocycles. The fourth-order valence-corrected chi connectivity index (χ4v) is 4.40. The van der Waals surface area contributed by atoms with Crippen LogP contribution < -0.4 is 0 Å². The number of rotatable bonds is 4. The first-order valence-electron chi connectivity index (χ1n) is 10.5. The number of nitrogens with zero attached hydrogens (tertiary/aromatic N) is 4. The lowest BCUT2D eigenvalue weighted by Gasteiger charge is -2.37. The molecule has 0 radical (unpaired) electrons. The van der Waals surface area contributed by atoms with E-state index in [1.165, 1.54) is 0 Å². The van der Waals surface area contributed by atoms with Crippen LogP contribution >= 0.6 is 0 Å². The molecule has 7 nitrogen and oxygen atoms in total. The summed E-state index contributed by atoms with van der Waals surface area (Å²) < 4.78 is 5.33. The van der Waals surface area contributed by atoms with Crippen molar-refractivity contribution < 1.29 is 14.1 Å². The Morgan fingerprint density at radius 1 is 1.07 bits per heavy atom. The molecule has 4 rings (SSSR count). The molecule has 2 unspecified atom stereocenters. The SMILES string of the molecule is Cc1noc(C2CCCN(C(=O)C3CCCN(C(=O)Cc4ccccc4)C3)C2)n1. The lowest BCUT2D eigenvalue weighted by atomic mass is 9.92. The third-order valence-electron chi connectivity index (χ3n) is 5.95. The van der Waals surface area contributed by atoms with Crippen molar-refractivity contribution in [2.24, 2.45) is 5.92 Å². The first-order valence-corrected chi connectivity index (χ1v) is 10.5. The predicted molar refractivity (Wildman–Crippen MR) is 107 cm³/mol.